The van der Waals surface area contributed by atoms with Gasteiger partial charge in [-0.2, -0.15) is 31.4 Å². The van der Waals surface area contributed by atoms with Crippen molar-refractivity contribution in [3.8, 4) is 5.82 Å². The maximum absolute atomic E-state index is 13.7. The lowest BCUT2D eigenvalue weighted by atomic mass is 10.1. The predicted molar refractivity (Wildman–Crippen MR) is 157 cm³/mol. The molecular formula is C26H20ClF6IN8O4. The molecule has 20 heteroatoms. The Bertz CT molecular complexity index is 1820. The Morgan fingerprint density at radius 1 is 1.07 bits per heavy atom. The number of hydrazine groups is 1. The number of benzene rings is 1. The summed E-state index contributed by atoms with van der Waals surface area (Å²) in [5.41, 5.74) is -2.22. The summed E-state index contributed by atoms with van der Waals surface area (Å²) in [6, 6.07) is 6.92. The maximum atomic E-state index is 13.7. The van der Waals surface area contributed by atoms with Crippen molar-refractivity contribution in [2.45, 2.75) is 25.8 Å². The summed E-state index contributed by atoms with van der Waals surface area (Å²) in [5, 5.41) is 7.44. The molecule has 3 aromatic heterocycles. The average Bonchev–Trinajstić information content (AvgIpc) is 3.59. The Balaban J connectivity index is 1.79. The highest BCUT2D eigenvalue weighted by Gasteiger charge is 2.47. The summed E-state index contributed by atoms with van der Waals surface area (Å²) in [7, 11) is 2.32. The maximum Gasteiger partial charge on any atom is 0.435 e. The van der Waals surface area contributed by atoms with Crippen LogP contribution in [0.15, 0.2) is 42.9 Å². The van der Waals surface area contributed by atoms with E-state index < -0.39 is 48.2 Å². The van der Waals surface area contributed by atoms with Crippen molar-refractivity contribution in [1.82, 2.24) is 34.8 Å². The van der Waals surface area contributed by atoms with Crippen LogP contribution in [0.4, 0.5) is 36.8 Å². The van der Waals surface area contributed by atoms with E-state index in [1.54, 1.807) is 13.0 Å². The third-order valence-electron chi connectivity index (χ3n) is 6.14. The van der Waals surface area contributed by atoms with Crippen molar-refractivity contribution in [2.24, 2.45) is 0 Å². The number of amides is 3. The number of halogens is 8. The van der Waals surface area contributed by atoms with Gasteiger partial charge in [0.2, 0.25) is 0 Å². The van der Waals surface area contributed by atoms with Crippen LogP contribution in [-0.4, -0.2) is 61.4 Å². The molecular weight excluding hydrogens is 765 g/mol. The van der Waals surface area contributed by atoms with E-state index in [4.69, 9.17) is 11.6 Å². The smallest absolute Gasteiger partial charge is 0.435 e. The van der Waals surface area contributed by atoms with Gasteiger partial charge in [0.1, 0.15) is 5.69 Å². The summed E-state index contributed by atoms with van der Waals surface area (Å²) in [6.45, 7) is 0.693. The number of hydrogen-bond acceptors (Lipinski definition) is 7. The lowest BCUT2D eigenvalue weighted by Gasteiger charge is -2.19. The van der Waals surface area contributed by atoms with Crippen LogP contribution in [0.3, 0.4) is 0 Å². The molecule has 0 saturated heterocycles. The van der Waals surface area contributed by atoms with Crippen LogP contribution < -0.4 is 10.7 Å². The molecule has 0 radical (unpaired) electrons. The molecule has 46 heavy (non-hydrogen) atoms. The highest BCUT2D eigenvalue weighted by Crippen LogP contribution is 2.39. The SMILES string of the molecule is COC(=O)N(C)NC(=O)c1cc(I)cc(C)c1NC(=O)c1cc(Cn2cnc(C(F)(F)F)c2C(F)(F)F)nn1-c1ncccc1Cl. The molecule has 0 fully saturated rings. The van der Waals surface area contributed by atoms with Crippen molar-refractivity contribution in [3.63, 3.8) is 0 Å². The highest BCUT2D eigenvalue weighted by atomic mass is 127. The number of ether oxygens (including phenoxy) is 1. The number of methoxy groups -OCH3 is 1. The zero-order valence-corrected chi connectivity index (χ0v) is 26.5. The van der Waals surface area contributed by atoms with E-state index in [1.807, 2.05) is 22.6 Å². The third-order valence-corrected chi connectivity index (χ3v) is 7.06. The molecule has 244 valence electrons. The molecule has 0 aliphatic rings. The summed E-state index contributed by atoms with van der Waals surface area (Å²) in [5.74, 6) is -1.89. The van der Waals surface area contributed by atoms with Gasteiger partial charge >= 0.3 is 18.4 Å². The van der Waals surface area contributed by atoms with E-state index >= 15 is 0 Å². The fourth-order valence-electron chi connectivity index (χ4n) is 4.21. The zero-order chi connectivity index (χ0) is 34.1. The van der Waals surface area contributed by atoms with Crippen LogP contribution in [0.2, 0.25) is 5.02 Å². The first-order valence-corrected chi connectivity index (χ1v) is 14.0. The van der Waals surface area contributed by atoms with Gasteiger partial charge in [-0.15, -0.1) is 0 Å². The molecule has 0 saturated carbocycles. The standard InChI is InChI=1S/C26H20ClF6IN8O4/c1-12-7-13(34)8-15(22(43)39-40(2)24(45)46-3)18(12)37-23(44)17-9-14(38-42(17)21-16(27)5-4-6-35-21)10-41-11-36-19(25(28,29)30)20(41)26(31,32)33/h4-9,11H,10H2,1-3H3,(H,37,44)(H,39,43). The van der Waals surface area contributed by atoms with Crippen LogP contribution in [0.25, 0.3) is 5.82 Å². The normalized spacial score (nSPS) is 11.7. The lowest BCUT2D eigenvalue weighted by Crippen LogP contribution is -2.43. The lowest BCUT2D eigenvalue weighted by molar-refractivity contribution is -0.167. The number of nitrogens with one attached hydrogen (secondary N) is 2. The number of aryl methyl sites for hydroxylation is 1. The molecule has 0 spiro atoms. The predicted octanol–water partition coefficient (Wildman–Crippen LogP) is 5.71. The monoisotopic (exact) mass is 784 g/mol. The average molecular weight is 785 g/mol. The Labute approximate surface area is 273 Å². The van der Waals surface area contributed by atoms with Gasteiger partial charge < -0.3 is 14.6 Å². The quantitative estimate of drug-likeness (QED) is 0.145. The summed E-state index contributed by atoms with van der Waals surface area (Å²) in [4.78, 5) is 45.6. The third kappa shape index (κ3) is 7.35. The zero-order valence-electron chi connectivity index (χ0n) is 23.6. The van der Waals surface area contributed by atoms with Gasteiger partial charge in [0.05, 0.1) is 41.9 Å². The van der Waals surface area contributed by atoms with Gasteiger partial charge in [0.15, 0.2) is 17.2 Å². The second-order valence-electron chi connectivity index (χ2n) is 9.38. The van der Waals surface area contributed by atoms with E-state index in [0.717, 1.165) is 22.9 Å². The van der Waals surface area contributed by atoms with Gasteiger partial charge in [0, 0.05) is 16.8 Å². The van der Waals surface area contributed by atoms with Crippen molar-refractivity contribution >= 4 is 57.8 Å². The number of rotatable bonds is 6. The molecule has 0 aliphatic carbocycles. The Morgan fingerprint density at radius 2 is 1.76 bits per heavy atom. The molecule has 4 aromatic rings. The van der Waals surface area contributed by atoms with E-state index in [1.165, 1.54) is 31.4 Å². The number of hydrogen-bond donors (Lipinski definition) is 2. The van der Waals surface area contributed by atoms with Gasteiger partial charge in [-0.05, 0) is 65.4 Å². The summed E-state index contributed by atoms with van der Waals surface area (Å²) < 4.78 is 87.4. The van der Waals surface area contributed by atoms with Gasteiger partial charge in [-0.1, -0.05) is 11.6 Å². The number of aromatic nitrogens is 5. The molecule has 4 rings (SSSR count). The Morgan fingerprint density at radius 3 is 2.37 bits per heavy atom. The van der Waals surface area contributed by atoms with Crippen molar-refractivity contribution < 1.29 is 45.5 Å². The van der Waals surface area contributed by atoms with Crippen molar-refractivity contribution in [2.75, 3.05) is 19.5 Å². The topological polar surface area (TPSA) is 136 Å². The van der Waals surface area contributed by atoms with Crippen LogP contribution in [-0.2, 0) is 23.6 Å². The van der Waals surface area contributed by atoms with Gasteiger partial charge in [-0.3, -0.25) is 15.0 Å². The number of alkyl halides is 6. The number of pyridine rings is 1. The van der Waals surface area contributed by atoms with Gasteiger partial charge in [0.25, 0.3) is 11.8 Å². The number of nitrogens with zero attached hydrogens (tertiary/aromatic N) is 6. The first-order chi connectivity index (χ1) is 21.4. The van der Waals surface area contributed by atoms with E-state index in [-0.39, 0.29) is 38.0 Å². The summed E-state index contributed by atoms with van der Waals surface area (Å²) >= 11 is 8.19. The fourth-order valence-corrected chi connectivity index (χ4v) is 5.19. The number of carbonyl (C=O) groups is 3. The van der Waals surface area contributed by atoms with E-state index in [0.29, 0.717) is 15.5 Å². The number of carbonyl (C=O) groups excluding carboxylic acids is 3. The number of imidazole rings is 1. The first kappa shape index (κ1) is 34.5. The minimum absolute atomic E-state index is 0.00798. The second kappa shape index (κ2) is 13.1. The molecule has 12 nitrogen and oxygen atoms in total. The Hall–Kier alpha value is -4.40. The largest absolute Gasteiger partial charge is 0.452 e. The van der Waals surface area contributed by atoms with Gasteiger partial charge in [-0.25, -0.2) is 24.5 Å². The van der Waals surface area contributed by atoms with Crippen molar-refractivity contribution in [3.05, 3.63) is 85.4 Å². The van der Waals surface area contributed by atoms with E-state index in [2.05, 4.69) is 30.5 Å². The summed E-state index contributed by atoms with van der Waals surface area (Å²) in [6.07, 6.45) is -10.1. The molecule has 1 aromatic carbocycles. The van der Waals surface area contributed by atoms with Crippen LogP contribution in [0.1, 0.15) is 43.5 Å². The minimum Gasteiger partial charge on any atom is -0.452 e. The molecule has 3 amide bonds. The molecule has 0 atom stereocenters. The van der Waals surface area contributed by atoms with Crippen LogP contribution in [0, 0.1) is 10.5 Å². The minimum atomic E-state index is -5.43. The molecule has 3 heterocycles. The second-order valence-corrected chi connectivity index (χ2v) is 11.0. The molecule has 0 aliphatic heterocycles. The highest BCUT2D eigenvalue weighted by molar-refractivity contribution is 14.1. The van der Waals surface area contributed by atoms with Crippen LogP contribution in [0.5, 0.6) is 0 Å². The Kier molecular flexibility index (Phi) is 9.85. The van der Waals surface area contributed by atoms with E-state index in [9.17, 15) is 40.7 Å². The molecule has 0 bridgehead atoms. The fraction of sp³-hybridized carbons (Fsp3) is 0.231. The molecule has 0 unspecified atom stereocenters. The van der Waals surface area contributed by atoms with Crippen molar-refractivity contribution in [1.29, 1.82) is 0 Å². The first-order valence-electron chi connectivity index (χ1n) is 12.6. The molecule has 2 N–H and O–H groups in total. The van der Waals surface area contributed by atoms with Crippen LogP contribution >= 0.6 is 34.2 Å². The number of anilines is 1.